The van der Waals surface area contributed by atoms with Gasteiger partial charge in [-0.2, -0.15) is 0 Å². The average molecular weight is 316 g/mol. The molecular weight excluding hydrogens is 302 g/mol. The Morgan fingerprint density at radius 3 is 2.30 bits per heavy atom. The molecule has 1 fully saturated rings. The molecular formula is C17H14F2N2O2. The Bertz CT molecular complexity index is 773. The van der Waals surface area contributed by atoms with Crippen molar-refractivity contribution in [2.24, 2.45) is 5.92 Å². The van der Waals surface area contributed by atoms with E-state index in [1.165, 1.54) is 0 Å². The van der Waals surface area contributed by atoms with Gasteiger partial charge in [0.05, 0.1) is 5.56 Å². The van der Waals surface area contributed by atoms with Crippen LogP contribution in [0.1, 0.15) is 23.2 Å². The zero-order valence-corrected chi connectivity index (χ0v) is 12.1. The molecule has 6 heteroatoms. The minimum absolute atomic E-state index is 0.0435. The summed E-state index contributed by atoms with van der Waals surface area (Å²) in [5, 5.41) is 5.29. The number of amides is 2. The van der Waals surface area contributed by atoms with Crippen LogP contribution >= 0.6 is 0 Å². The summed E-state index contributed by atoms with van der Waals surface area (Å²) in [6, 6.07) is 9.32. The van der Waals surface area contributed by atoms with Crippen LogP contribution in [0, 0.1) is 17.6 Å². The highest BCUT2D eigenvalue weighted by molar-refractivity contribution is 6.05. The first kappa shape index (κ1) is 15.1. The molecule has 0 atom stereocenters. The number of benzene rings is 2. The van der Waals surface area contributed by atoms with E-state index in [-0.39, 0.29) is 17.4 Å². The summed E-state index contributed by atoms with van der Waals surface area (Å²) in [6.07, 6.45) is 1.79. The second-order valence-electron chi connectivity index (χ2n) is 5.42. The molecule has 4 nitrogen and oxygen atoms in total. The maximum absolute atomic E-state index is 13.6. The van der Waals surface area contributed by atoms with E-state index in [1.807, 2.05) is 0 Å². The Morgan fingerprint density at radius 2 is 1.65 bits per heavy atom. The summed E-state index contributed by atoms with van der Waals surface area (Å²) in [4.78, 5) is 23.8. The molecule has 0 unspecified atom stereocenters. The number of halogens is 2. The summed E-state index contributed by atoms with van der Waals surface area (Å²) >= 11 is 0. The second kappa shape index (κ2) is 6.16. The first-order valence-electron chi connectivity index (χ1n) is 7.20. The van der Waals surface area contributed by atoms with E-state index in [0.717, 1.165) is 25.0 Å². The van der Waals surface area contributed by atoms with Gasteiger partial charge in [0.15, 0.2) is 0 Å². The first-order valence-corrected chi connectivity index (χ1v) is 7.20. The Hall–Kier alpha value is -2.76. The average Bonchev–Trinajstić information content (AvgIpc) is 3.32. The first-order chi connectivity index (χ1) is 11.0. The monoisotopic (exact) mass is 316 g/mol. The van der Waals surface area contributed by atoms with Gasteiger partial charge in [0.2, 0.25) is 5.91 Å². The molecule has 0 saturated heterocycles. The van der Waals surface area contributed by atoms with Gasteiger partial charge in [-0.3, -0.25) is 9.59 Å². The molecule has 0 aromatic heterocycles. The van der Waals surface area contributed by atoms with Gasteiger partial charge in [0, 0.05) is 23.4 Å². The van der Waals surface area contributed by atoms with Crippen LogP contribution in [-0.4, -0.2) is 11.8 Å². The summed E-state index contributed by atoms with van der Waals surface area (Å²) in [7, 11) is 0. The lowest BCUT2D eigenvalue weighted by Crippen LogP contribution is -2.15. The fraction of sp³-hybridized carbons (Fsp3) is 0.176. The van der Waals surface area contributed by atoms with Gasteiger partial charge < -0.3 is 10.6 Å². The van der Waals surface area contributed by atoms with E-state index in [1.54, 1.807) is 24.3 Å². The summed E-state index contributed by atoms with van der Waals surface area (Å²) < 4.78 is 26.5. The highest BCUT2D eigenvalue weighted by Gasteiger charge is 2.29. The topological polar surface area (TPSA) is 58.2 Å². The molecule has 3 rings (SSSR count). The van der Waals surface area contributed by atoms with E-state index >= 15 is 0 Å². The highest BCUT2D eigenvalue weighted by Crippen LogP contribution is 2.30. The lowest BCUT2D eigenvalue weighted by atomic mass is 10.2. The van der Waals surface area contributed by atoms with Crippen molar-refractivity contribution in [1.29, 1.82) is 0 Å². The number of carbonyl (C=O) groups excluding carboxylic acids is 2. The van der Waals surface area contributed by atoms with Crippen LogP contribution in [0.4, 0.5) is 20.2 Å². The van der Waals surface area contributed by atoms with Gasteiger partial charge in [-0.1, -0.05) is 6.07 Å². The molecule has 118 valence electrons. The Kier molecular flexibility index (Phi) is 4.06. The van der Waals surface area contributed by atoms with Crippen molar-refractivity contribution < 1.29 is 18.4 Å². The standard InChI is InChI=1S/C17H14F2N2O2/c18-11-6-7-14(15(19)8-11)17(23)21-13-3-1-2-12(9-13)20-16(22)10-4-5-10/h1-3,6-10H,4-5H2,(H,20,22)(H,21,23). The number of hydrogen-bond acceptors (Lipinski definition) is 2. The largest absolute Gasteiger partial charge is 0.326 e. The molecule has 1 saturated carbocycles. The van der Waals surface area contributed by atoms with Crippen LogP contribution in [0.3, 0.4) is 0 Å². The quantitative estimate of drug-likeness (QED) is 0.906. The number of hydrogen-bond donors (Lipinski definition) is 2. The van der Waals surface area contributed by atoms with E-state index in [4.69, 9.17) is 0 Å². The third-order valence-corrected chi connectivity index (χ3v) is 3.51. The van der Waals surface area contributed by atoms with Gasteiger partial charge in [-0.15, -0.1) is 0 Å². The maximum atomic E-state index is 13.6. The van der Waals surface area contributed by atoms with Crippen molar-refractivity contribution in [3.63, 3.8) is 0 Å². The van der Waals surface area contributed by atoms with Gasteiger partial charge in [0.1, 0.15) is 11.6 Å². The number of rotatable bonds is 4. The van der Waals surface area contributed by atoms with Gasteiger partial charge in [-0.05, 0) is 43.2 Å². The third kappa shape index (κ3) is 3.71. The molecule has 0 aliphatic heterocycles. The molecule has 0 heterocycles. The molecule has 0 radical (unpaired) electrons. The van der Waals surface area contributed by atoms with Gasteiger partial charge in [0.25, 0.3) is 5.91 Å². The van der Waals surface area contributed by atoms with Crippen LogP contribution in [0.15, 0.2) is 42.5 Å². The minimum Gasteiger partial charge on any atom is -0.326 e. The van der Waals surface area contributed by atoms with E-state index in [2.05, 4.69) is 10.6 Å². The molecule has 23 heavy (non-hydrogen) atoms. The van der Waals surface area contributed by atoms with Crippen molar-refractivity contribution in [3.05, 3.63) is 59.7 Å². The summed E-state index contributed by atoms with van der Waals surface area (Å²) in [5.41, 5.74) is 0.713. The van der Waals surface area contributed by atoms with Crippen molar-refractivity contribution in [2.45, 2.75) is 12.8 Å². The maximum Gasteiger partial charge on any atom is 0.258 e. The minimum atomic E-state index is -0.930. The fourth-order valence-corrected chi connectivity index (χ4v) is 2.14. The SMILES string of the molecule is O=C(Nc1cccc(NC(=O)C2CC2)c1)c1ccc(F)cc1F. The van der Waals surface area contributed by atoms with Crippen LogP contribution in [-0.2, 0) is 4.79 Å². The Balaban J connectivity index is 1.71. The fourth-order valence-electron chi connectivity index (χ4n) is 2.14. The lowest BCUT2D eigenvalue weighted by Gasteiger charge is -2.09. The second-order valence-corrected chi connectivity index (χ2v) is 5.42. The Morgan fingerprint density at radius 1 is 0.957 bits per heavy atom. The highest BCUT2D eigenvalue weighted by atomic mass is 19.1. The number of nitrogens with one attached hydrogen (secondary N) is 2. The van der Waals surface area contributed by atoms with Crippen molar-refractivity contribution in [1.82, 2.24) is 0 Å². The van der Waals surface area contributed by atoms with Crippen molar-refractivity contribution in [2.75, 3.05) is 10.6 Å². The van der Waals surface area contributed by atoms with Crippen LogP contribution in [0.2, 0.25) is 0 Å². The predicted molar refractivity (Wildman–Crippen MR) is 82.1 cm³/mol. The van der Waals surface area contributed by atoms with E-state index in [0.29, 0.717) is 17.4 Å². The zero-order chi connectivity index (χ0) is 16.4. The predicted octanol–water partition coefficient (Wildman–Crippen LogP) is 3.57. The molecule has 2 aromatic carbocycles. The molecule has 1 aliphatic rings. The number of anilines is 2. The van der Waals surface area contributed by atoms with Crippen molar-refractivity contribution in [3.8, 4) is 0 Å². The van der Waals surface area contributed by atoms with Crippen LogP contribution < -0.4 is 10.6 Å². The Labute approximate surface area is 131 Å². The summed E-state index contributed by atoms with van der Waals surface area (Å²) in [5.74, 6) is -2.34. The van der Waals surface area contributed by atoms with Gasteiger partial charge >= 0.3 is 0 Å². The van der Waals surface area contributed by atoms with E-state index < -0.39 is 17.5 Å². The molecule has 0 bridgehead atoms. The zero-order valence-electron chi connectivity index (χ0n) is 12.1. The lowest BCUT2D eigenvalue weighted by molar-refractivity contribution is -0.117. The van der Waals surface area contributed by atoms with Crippen molar-refractivity contribution >= 4 is 23.2 Å². The van der Waals surface area contributed by atoms with E-state index in [9.17, 15) is 18.4 Å². The van der Waals surface area contributed by atoms with Crippen LogP contribution in [0.25, 0.3) is 0 Å². The third-order valence-electron chi connectivity index (χ3n) is 3.51. The summed E-state index contributed by atoms with van der Waals surface area (Å²) in [6.45, 7) is 0. The smallest absolute Gasteiger partial charge is 0.258 e. The van der Waals surface area contributed by atoms with Crippen LogP contribution in [0.5, 0.6) is 0 Å². The molecule has 2 N–H and O–H groups in total. The van der Waals surface area contributed by atoms with Gasteiger partial charge in [-0.25, -0.2) is 8.78 Å². The molecule has 2 aromatic rings. The normalized spacial score (nSPS) is 13.5. The molecule has 0 spiro atoms. The molecule has 1 aliphatic carbocycles. The number of carbonyl (C=O) groups is 2. The molecule has 2 amide bonds.